The number of anilines is 6. The molecule has 0 radical (unpaired) electrons. The molecule has 0 fully saturated rings. The number of benzene rings is 8. The van der Waals surface area contributed by atoms with Crippen molar-refractivity contribution in [1.29, 1.82) is 0 Å². The molecular weight excluding hydrogens is 837 g/mol. The molecule has 0 N–H and O–H groups in total. The van der Waals surface area contributed by atoms with Gasteiger partial charge in [0.05, 0.1) is 28.4 Å². The van der Waals surface area contributed by atoms with Gasteiger partial charge in [0.25, 0.3) is 0 Å². The Morgan fingerprint density at radius 1 is 0.294 bits per heavy atom. The molecule has 0 saturated carbocycles. The molecule has 0 saturated heterocycles. The second-order valence-electron chi connectivity index (χ2n) is 20.0. The summed E-state index contributed by atoms with van der Waals surface area (Å²) in [7, 11) is 6.85. The minimum absolute atomic E-state index is 0.359. The lowest BCUT2D eigenvalue weighted by molar-refractivity contribution is 0.0594. The Balaban J connectivity index is 1.30. The molecule has 68 heavy (non-hydrogen) atoms. The van der Waals surface area contributed by atoms with Crippen LogP contribution in [-0.4, -0.2) is 28.4 Å². The van der Waals surface area contributed by atoms with Crippen molar-refractivity contribution in [3.63, 3.8) is 0 Å². The predicted octanol–water partition coefficient (Wildman–Crippen LogP) is 16.0. The lowest BCUT2D eigenvalue weighted by Crippen LogP contribution is -2.62. The van der Waals surface area contributed by atoms with E-state index < -0.39 is 10.8 Å². The number of fused-ring (bicyclic) bond motifs is 6. The molecule has 6 nitrogen and oxygen atoms in total. The van der Waals surface area contributed by atoms with Crippen molar-refractivity contribution in [1.82, 2.24) is 0 Å². The summed E-state index contributed by atoms with van der Waals surface area (Å²) in [5.74, 6) is 3.23. The average molecular weight is 897 g/mol. The van der Waals surface area contributed by atoms with E-state index >= 15 is 0 Å². The van der Waals surface area contributed by atoms with E-state index in [2.05, 4.69) is 185 Å². The summed E-state index contributed by atoms with van der Waals surface area (Å²) in [6.45, 7) is 14.8. The monoisotopic (exact) mass is 896 g/mol. The Hall–Kier alpha value is -7.44. The van der Waals surface area contributed by atoms with Gasteiger partial charge in [0.15, 0.2) is 0 Å². The number of nitrogens with zero attached hydrogens (tertiary/aromatic N) is 2. The van der Waals surface area contributed by atoms with E-state index in [1.807, 2.05) is 48.5 Å². The molecule has 8 aromatic carbocycles. The first-order valence-electron chi connectivity index (χ1n) is 23.5. The zero-order valence-corrected chi connectivity index (χ0v) is 40.8. The fourth-order valence-corrected chi connectivity index (χ4v) is 12.2. The van der Waals surface area contributed by atoms with E-state index in [-0.39, 0.29) is 10.8 Å². The highest BCUT2D eigenvalue weighted by Gasteiger charge is 2.70. The summed E-state index contributed by atoms with van der Waals surface area (Å²) < 4.78 is 22.6. The molecule has 0 bridgehead atoms. The molecule has 8 aromatic rings. The lowest BCUT2D eigenvalue weighted by Gasteiger charge is -2.62. The van der Waals surface area contributed by atoms with Crippen LogP contribution >= 0.6 is 0 Å². The number of hydrogen-bond acceptors (Lipinski definition) is 6. The summed E-state index contributed by atoms with van der Waals surface area (Å²) in [6.07, 6.45) is 0. The van der Waals surface area contributed by atoms with Crippen molar-refractivity contribution < 1.29 is 18.9 Å². The largest absolute Gasteiger partial charge is 0.497 e. The van der Waals surface area contributed by atoms with Gasteiger partial charge in [-0.05, 0) is 177 Å². The molecule has 0 aromatic heterocycles. The SMILES string of the molecule is COc1ccc(N(c2ccc(OC)cc2)c2ccc3c(c2)C(C(C)(C)C)(C2(C(C)(C)C)c4ccccc4-c4ccc(N(c5ccc(OC)cc5)c5ccc(OC)cc5)cc42)c2ccccc2-3)cc1. The van der Waals surface area contributed by atoms with Crippen LogP contribution in [0.25, 0.3) is 22.3 Å². The van der Waals surface area contributed by atoms with Crippen LogP contribution < -0.4 is 28.7 Å². The second kappa shape index (κ2) is 16.7. The van der Waals surface area contributed by atoms with Gasteiger partial charge < -0.3 is 28.7 Å². The highest BCUT2D eigenvalue weighted by atomic mass is 16.5. The van der Waals surface area contributed by atoms with Crippen molar-refractivity contribution in [3.8, 4) is 45.3 Å². The summed E-state index contributed by atoms with van der Waals surface area (Å²) in [5, 5.41) is 0. The molecule has 2 aliphatic rings. The predicted molar refractivity (Wildman–Crippen MR) is 280 cm³/mol. The standard InChI is InChI=1S/C62H60N2O4/c1-59(2,3)61(55-17-13-11-15-51(55)53-37-27-45(39-57(53)61)63(41-19-29-47(65-7)30-20-41)42-21-31-48(66-8)32-22-42)62(60(4,5)6)56-18-14-12-16-52(56)54-38-28-46(40-58(54)62)64(43-23-33-49(67-9)34-24-43)44-25-35-50(68-10)36-26-44/h11-40H,1-10H3. The molecule has 0 aliphatic heterocycles. The highest BCUT2D eigenvalue weighted by Crippen LogP contribution is 2.75. The van der Waals surface area contributed by atoms with E-state index in [0.29, 0.717) is 0 Å². The van der Waals surface area contributed by atoms with E-state index in [9.17, 15) is 0 Å². The normalized spacial score (nSPS) is 16.8. The first kappa shape index (κ1) is 44.4. The van der Waals surface area contributed by atoms with Crippen LogP contribution in [0.15, 0.2) is 182 Å². The molecule has 10 rings (SSSR count). The Morgan fingerprint density at radius 3 is 0.809 bits per heavy atom. The zero-order valence-electron chi connectivity index (χ0n) is 40.8. The van der Waals surface area contributed by atoms with Crippen LogP contribution in [0.1, 0.15) is 63.8 Å². The third-order valence-corrected chi connectivity index (χ3v) is 14.7. The topological polar surface area (TPSA) is 43.4 Å². The van der Waals surface area contributed by atoms with Gasteiger partial charge in [-0.15, -0.1) is 0 Å². The second-order valence-corrected chi connectivity index (χ2v) is 20.0. The summed E-state index contributed by atoms with van der Waals surface area (Å²) in [6, 6.07) is 66.2. The fraction of sp³-hybridized carbons (Fsp3) is 0.226. The van der Waals surface area contributed by atoms with Crippen molar-refractivity contribution in [2.45, 2.75) is 52.4 Å². The van der Waals surface area contributed by atoms with Crippen molar-refractivity contribution in [3.05, 3.63) is 204 Å². The van der Waals surface area contributed by atoms with E-state index in [0.717, 1.165) is 57.1 Å². The molecule has 6 heteroatoms. The Morgan fingerprint density at radius 2 is 0.544 bits per heavy atom. The Bertz CT molecular complexity index is 2820. The Kier molecular flexibility index (Phi) is 10.9. The van der Waals surface area contributed by atoms with E-state index in [1.54, 1.807) is 28.4 Å². The number of methoxy groups -OCH3 is 4. The minimum Gasteiger partial charge on any atom is -0.497 e. The van der Waals surface area contributed by atoms with E-state index in [1.165, 1.54) is 44.5 Å². The summed E-state index contributed by atoms with van der Waals surface area (Å²) in [4.78, 5) is 4.71. The maximum absolute atomic E-state index is 5.65. The average Bonchev–Trinajstić information content (AvgIpc) is 3.83. The van der Waals surface area contributed by atoms with Crippen LogP contribution in [0.2, 0.25) is 0 Å². The third kappa shape index (κ3) is 6.59. The third-order valence-electron chi connectivity index (χ3n) is 14.7. The molecule has 2 unspecified atom stereocenters. The fourth-order valence-electron chi connectivity index (χ4n) is 12.2. The molecular formula is C62H60N2O4. The van der Waals surface area contributed by atoms with Gasteiger partial charge in [-0.25, -0.2) is 0 Å². The number of ether oxygens (including phenoxy) is 4. The van der Waals surface area contributed by atoms with Gasteiger partial charge >= 0.3 is 0 Å². The van der Waals surface area contributed by atoms with Crippen LogP contribution in [-0.2, 0) is 10.8 Å². The zero-order chi connectivity index (χ0) is 47.6. The van der Waals surface area contributed by atoms with Gasteiger partial charge in [0.1, 0.15) is 23.0 Å². The summed E-state index contributed by atoms with van der Waals surface area (Å²) >= 11 is 0. The van der Waals surface area contributed by atoms with Gasteiger partial charge in [-0.1, -0.05) is 102 Å². The van der Waals surface area contributed by atoms with Crippen LogP contribution in [0, 0.1) is 10.8 Å². The molecule has 0 spiro atoms. The van der Waals surface area contributed by atoms with Gasteiger partial charge in [-0.2, -0.15) is 0 Å². The minimum atomic E-state index is -0.628. The molecule has 2 aliphatic carbocycles. The van der Waals surface area contributed by atoms with Crippen molar-refractivity contribution >= 4 is 34.1 Å². The van der Waals surface area contributed by atoms with Gasteiger partial charge in [0, 0.05) is 45.0 Å². The maximum Gasteiger partial charge on any atom is 0.119 e. The van der Waals surface area contributed by atoms with E-state index in [4.69, 9.17) is 18.9 Å². The highest BCUT2D eigenvalue weighted by molar-refractivity contribution is 5.93. The first-order valence-corrected chi connectivity index (χ1v) is 23.5. The van der Waals surface area contributed by atoms with Crippen LogP contribution in [0.4, 0.5) is 34.1 Å². The quantitative estimate of drug-likeness (QED) is 0.129. The van der Waals surface area contributed by atoms with Crippen molar-refractivity contribution in [2.75, 3.05) is 38.2 Å². The summed E-state index contributed by atoms with van der Waals surface area (Å²) in [5.41, 5.74) is 14.6. The van der Waals surface area contributed by atoms with Crippen molar-refractivity contribution in [2.24, 2.45) is 10.8 Å². The molecule has 2 atom stereocenters. The lowest BCUT2D eigenvalue weighted by atomic mass is 9.39. The number of rotatable bonds is 11. The molecule has 342 valence electrons. The maximum atomic E-state index is 5.65. The Labute approximate surface area is 402 Å². The smallest absolute Gasteiger partial charge is 0.119 e. The van der Waals surface area contributed by atoms with Crippen LogP contribution in [0.3, 0.4) is 0 Å². The first-order chi connectivity index (χ1) is 32.8. The van der Waals surface area contributed by atoms with Gasteiger partial charge in [0.2, 0.25) is 0 Å². The van der Waals surface area contributed by atoms with Crippen LogP contribution in [0.5, 0.6) is 23.0 Å². The van der Waals surface area contributed by atoms with Gasteiger partial charge in [-0.3, -0.25) is 0 Å². The number of hydrogen-bond donors (Lipinski definition) is 0. The molecule has 0 amide bonds. The molecule has 0 heterocycles.